The fraction of sp³-hybridized carbons (Fsp3) is 0.857. The van der Waals surface area contributed by atoms with Crippen LogP contribution in [0.5, 0.6) is 0 Å². The normalized spacial score (nSPS) is 39.4. The minimum atomic E-state index is -0.745. The first-order valence-corrected chi connectivity index (χ1v) is 7.15. The summed E-state index contributed by atoms with van der Waals surface area (Å²) in [6.07, 6.45) is 4.53. The van der Waals surface area contributed by atoms with E-state index in [2.05, 4.69) is 24.5 Å². The van der Waals surface area contributed by atoms with Gasteiger partial charge < -0.3 is 10.6 Å². The summed E-state index contributed by atoms with van der Waals surface area (Å²) >= 11 is 0. The summed E-state index contributed by atoms with van der Waals surface area (Å²) in [5.74, 6) is 1.10. The number of hydrogen-bond donors (Lipinski definition) is 2. The molecule has 3 rings (SSSR count). The molecule has 4 heteroatoms. The van der Waals surface area contributed by atoms with Crippen molar-refractivity contribution in [1.82, 2.24) is 10.6 Å². The van der Waals surface area contributed by atoms with Gasteiger partial charge in [-0.15, -0.1) is 0 Å². The number of rotatable bonds is 4. The summed E-state index contributed by atoms with van der Waals surface area (Å²) in [6, 6.07) is 0.616. The number of hydrogen-bond acceptors (Lipinski definition) is 2. The number of carbonyl (C=O) groups excluding carboxylic acids is 2. The Morgan fingerprint density at radius 1 is 0.944 bits per heavy atom. The summed E-state index contributed by atoms with van der Waals surface area (Å²) < 4.78 is 0. The van der Waals surface area contributed by atoms with Crippen molar-refractivity contribution in [2.24, 2.45) is 17.3 Å². The van der Waals surface area contributed by atoms with Gasteiger partial charge >= 0.3 is 0 Å². The van der Waals surface area contributed by atoms with Crippen LogP contribution in [0.4, 0.5) is 0 Å². The van der Waals surface area contributed by atoms with Gasteiger partial charge in [-0.2, -0.15) is 0 Å². The highest BCUT2D eigenvalue weighted by Crippen LogP contribution is 2.43. The van der Waals surface area contributed by atoms with E-state index in [1.807, 2.05) is 0 Å². The van der Waals surface area contributed by atoms with Crippen LogP contribution in [-0.4, -0.2) is 23.9 Å². The van der Waals surface area contributed by atoms with Gasteiger partial charge in [-0.05, 0) is 37.5 Å². The topological polar surface area (TPSA) is 58.2 Å². The Hall–Kier alpha value is -1.06. The Bertz CT molecular complexity index is 357. The molecular formula is C14H22N2O2. The Kier molecular flexibility index (Phi) is 2.65. The average Bonchev–Trinajstić information content (AvgIpc) is 3.08. The summed E-state index contributed by atoms with van der Waals surface area (Å²) in [5.41, 5.74) is -0.745. The smallest absolute Gasteiger partial charge is 0.235 e. The van der Waals surface area contributed by atoms with Crippen molar-refractivity contribution < 1.29 is 9.59 Å². The monoisotopic (exact) mass is 250 g/mol. The summed E-state index contributed by atoms with van der Waals surface area (Å²) in [5, 5.41) is 6.06. The quantitative estimate of drug-likeness (QED) is 0.737. The number of nitrogens with one attached hydrogen (secondary N) is 2. The van der Waals surface area contributed by atoms with E-state index in [0.29, 0.717) is 36.8 Å². The van der Waals surface area contributed by atoms with E-state index in [1.54, 1.807) is 0 Å². The predicted octanol–water partition coefficient (Wildman–Crippen LogP) is 1.21. The molecular weight excluding hydrogens is 228 g/mol. The fourth-order valence-corrected chi connectivity index (χ4v) is 2.75. The van der Waals surface area contributed by atoms with Crippen LogP contribution in [0.1, 0.15) is 46.0 Å². The molecule has 4 atom stereocenters. The van der Waals surface area contributed by atoms with Gasteiger partial charge in [-0.25, -0.2) is 0 Å². The van der Waals surface area contributed by atoms with Crippen LogP contribution in [-0.2, 0) is 9.59 Å². The minimum absolute atomic E-state index is 0.0334. The Labute approximate surface area is 108 Å². The van der Waals surface area contributed by atoms with Gasteiger partial charge in [0.2, 0.25) is 11.8 Å². The fourth-order valence-electron chi connectivity index (χ4n) is 2.75. The van der Waals surface area contributed by atoms with E-state index in [0.717, 1.165) is 19.3 Å². The van der Waals surface area contributed by atoms with E-state index in [4.69, 9.17) is 0 Å². The van der Waals surface area contributed by atoms with Gasteiger partial charge in [0, 0.05) is 12.1 Å². The first-order chi connectivity index (χ1) is 8.53. The molecule has 3 aliphatic rings. The molecule has 2 N–H and O–H groups in total. The lowest BCUT2D eigenvalue weighted by Crippen LogP contribution is -2.56. The Morgan fingerprint density at radius 3 is 1.56 bits per heavy atom. The highest BCUT2D eigenvalue weighted by molar-refractivity contribution is 6.06. The molecule has 0 aromatic carbocycles. The van der Waals surface area contributed by atoms with Crippen molar-refractivity contribution in [2.45, 2.75) is 58.0 Å². The standard InChI is InChI=1S/C14H22N2O2/c1-8-6-10(8)15-12(17)14(4-3-5-14)13(18)16-11-7-9(11)2/h8-11H,3-7H2,1-2H3,(H,15,17)(H,16,18)/t8-,9+,10-,11-/m0/s1. The highest BCUT2D eigenvalue weighted by atomic mass is 16.2. The SMILES string of the molecule is C[C@@H]1C[C@@H]1NC(=O)C1(C(=O)N[C@H]2C[C@@H]2C)CCC1. The minimum Gasteiger partial charge on any atom is -0.352 e. The van der Waals surface area contributed by atoms with Crippen LogP contribution in [0.25, 0.3) is 0 Å². The lowest BCUT2D eigenvalue weighted by atomic mass is 9.67. The van der Waals surface area contributed by atoms with Crippen LogP contribution in [0.2, 0.25) is 0 Å². The maximum atomic E-state index is 12.3. The lowest BCUT2D eigenvalue weighted by Gasteiger charge is -2.38. The summed E-state index contributed by atoms with van der Waals surface area (Å²) in [7, 11) is 0. The molecule has 3 fully saturated rings. The molecule has 0 aromatic rings. The molecule has 0 radical (unpaired) electrons. The Morgan fingerprint density at radius 2 is 1.33 bits per heavy atom. The number of carbonyl (C=O) groups is 2. The molecule has 0 bridgehead atoms. The van der Waals surface area contributed by atoms with Crippen LogP contribution in [0.3, 0.4) is 0 Å². The molecule has 0 aliphatic heterocycles. The first kappa shape index (κ1) is 12.0. The average molecular weight is 250 g/mol. The van der Waals surface area contributed by atoms with Crippen molar-refractivity contribution in [1.29, 1.82) is 0 Å². The highest BCUT2D eigenvalue weighted by Gasteiger charge is 2.53. The molecule has 0 spiro atoms. The first-order valence-electron chi connectivity index (χ1n) is 7.15. The molecule has 100 valence electrons. The van der Waals surface area contributed by atoms with Crippen LogP contribution < -0.4 is 10.6 Å². The lowest BCUT2D eigenvalue weighted by molar-refractivity contribution is -0.149. The van der Waals surface area contributed by atoms with Crippen molar-refractivity contribution >= 4 is 11.8 Å². The van der Waals surface area contributed by atoms with Crippen molar-refractivity contribution in [2.75, 3.05) is 0 Å². The predicted molar refractivity (Wildman–Crippen MR) is 67.7 cm³/mol. The van der Waals surface area contributed by atoms with Gasteiger partial charge in [-0.1, -0.05) is 20.3 Å². The second-order valence-electron chi connectivity index (χ2n) is 6.52. The molecule has 0 saturated heterocycles. The maximum Gasteiger partial charge on any atom is 0.235 e. The van der Waals surface area contributed by atoms with E-state index in [1.165, 1.54) is 0 Å². The van der Waals surface area contributed by atoms with Crippen LogP contribution in [0, 0.1) is 17.3 Å². The van der Waals surface area contributed by atoms with E-state index < -0.39 is 5.41 Å². The van der Waals surface area contributed by atoms with Gasteiger partial charge in [0.05, 0.1) is 0 Å². The van der Waals surface area contributed by atoms with Crippen molar-refractivity contribution in [3.8, 4) is 0 Å². The van der Waals surface area contributed by atoms with Gasteiger partial charge in [0.1, 0.15) is 5.41 Å². The number of amides is 2. The molecule has 4 nitrogen and oxygen atoms in total. The zero-order chi connectivity index (χ0) is 12.9. The third-order valence-electron chi connectivity index (χ3n) is 4.93. The van der Waals surface area contributed by atoms with Gasteiger partial charge in [0.15, 0.2) is 0 Å². The van der Waals surface area contributed by atoms with Gasteiger partial charge in [0.25, 0.3) is 0 Å². The molecule has 0 unspecified atom stereocenters. The van der Waals surface area contributed by atoms with Crippen molar-refractivity contribution in [3.63, 3.8) is 0 Å². The summed E-state index contributed by atoms with van der Waals surface area (Å²) in [6.45, 7) is 4.26. The molecule has 18 heavy (non-hydrogen) atoms. The van der Waals surface area contributed by atoms with E-state index >= 15 is 0 Å². The van der Waals surface area contributed by atoms with Crippen LogP contribution >= 0.6 is 0 Å². The third-order valence-corrected chi connectivity index (χ3v) is 4.93. The van der Waals surface area contributed by atoms with E-state index in [9.17, 15) is 9.59 Å². The Balaban J connectivity index is 1.61. The second-order valence-corrected chi connectivity index (χ2v) is 6.52. The summed E-state index contributed by atoms with van der Waals surface area (Å²) in [4.78, 5) is 24.6. The van der Waals surface area contributed by atoms with Gasteiger partial charge in [-0.3, -0.25) is 9.59 Å². The molecule has 3 aliphatic carbocycles. The molecule has 3 saturated carbocycles. The zero-order valence-corrected chi connectivity index (χ0v) is 11.2. The maximum absolute atomic E-state index is 12.3. The molecule has 2 amide bonds. The van der Waals surface area contributed by atoms with E-state index in [-0.39, 0.29) is 11.8 Å². The second kappa shape index (κ2) is 3.97. The third kappa shape index (κ3) is 1.91. The largest absolute Gasteiger partial charge is 0.352 e. The van der Waals surface area contributed by atoms with Crippen LogP contribution in [0.15, 0.2) is 0 Å². The molecule has 0 aromatic heterocycles. The zero-order valence-electron chi connectivity index (χ0n) is 11.2. The molecule has 0 heterocycles. The van der Waals surface area contributed by atoms with Crippen molar-refractivity contribution in [3.05, 3.63) is 0 Å².